The van der Waals surface area contributed by atoms with E-state index in [1.165, 1.54) is 16.4 Å². The molecular formula is C21H25NO5S. The first-order valence-corrected chi connectivity index (χ1v) is 10.6. The Hall–Kier alpha value is -2.22. The summed E-state index contributed by atoms with van der Waals surface area (Å²) in [5.74, 6) is -0.0760. The summed E-state index contributed by atoms with van der Waals surface area (Å²) in [6.07, 6.45) is 0. The lowest BCUT2D eigenvalue weighted by molar-refractivity contribution is 0.0726. The van der Waals surface area contributed by atoms with E-state index < -0.39 is 16.0 Å². The van der Waals surface area contributed by atoms with Gasteiger partial charge >= 0.3 is 5.97 Å². The molecule has 0 aliphatic carbocycles. The predicted octanol–water partition coefficient (Wildman–Crippen LogP) is 3.16. The highest BCUT2D eigenvalue weighted by Gasteiger charge is 2.27. The minimum atomic E-state index is -3.68. The first-order chi connectivity index (χ1) is 13.2. The fourth-order valence-corrected chi connectivity index (χ4v) is 4.61. The molecule has 0 aromatic heterocycles. The van der Waals surface area contributed by atoms with E-state index in [9.17, 15) is 13.2 Å². The van der Waals surface area contributed by atoms with E-state index in [0.717, 1.165) is 16.7 Å². The zero-order chi connectivity index (χ0) is 20.5. The SMILES string of the molecule is Cc1cc(C)c(C)c(OC(=O)c2cc(S(=O)(=O)N3CCOCC3)ccc2C)c1. The van der Waals surface area contributed by atoms with Crippen molar-refractivity contribution in [3.8, 4) is 5.75 Å². The van der Waals surface area contributed by atoms with Crippen LogP contribution in [-0.2, 0) is 14.8 Å². The number of carbonyl (C=O) groups is 1. The summed E-state index contributed by atoms with van der Waals surface area (Å²) in [4.78, 5) is 12.9. The monoisotopic (exact) mass is 403 g/mol. The van der Waals surface area contributed by atoms with E-state index in [1.54, 1.807) is 13.0 Å². The summed E-state index contributed by atoms with van der Waals surface area (Å²) >= 11 is 0. The van der Waals surface area contributed by atoms with Crippen LogP contribution < -0.4 is 4.74 Å². The average Bonchev–Trinajstić information content (AvgIpc) is 2.66. The van der Waals surface area contributed by atoms with Crippen LogP contribution in [0.15, 0.2) is 35.2 Å². The van der Waals surface area contributed by atoms with Crippen molar-refractivity contribution in [2.45, 2.75) is 32.6 Å². The summed E-state index contributed by atoms with van der Waals surface area (Å²) in [6, 6.07) is 8.40. The van der Waals surface area contributed by atoms with Gasteiger partial charge in [0.25, 0.3) is 0 Å². The van der Waals surface area contributed by atoms with Crippen LogP contribution in [0.25, 0.3) is 0 Å². The fraction of sp³-hybridized carbons (Fsp3) is 0.381. The Kier molecular flexibility index (Phi) is 5.88. The molecule has 0 spiro atoms. The van der Waals surface area contributed by atoms with Gasteiger partial charge in [-0.3, -0.25) is 0 Å². The van der Waals surface area contributed by atoms with Crippen LogP contribution in [-0.4, -0.2) is 45.0 Å². The van der Waals surface area contributed by atoms with Gasteiger partial charge in [0, 0.05) is 13.1 Å². The number of ether oxygens (including phenoxy) is 2. The molecule has 0 unspecified atom stereocenters. The van der Waals surface area contributed by atoms with Gasteiger partial charge in [-0.05, 0) is 68.1 Å². The number of nitrogens with zero attached hydrogens (tertiary/aromatic N) is 1. The molecular weight excluding hydrogens is 378 g/mol. The smallest absolute Gasteiger partial charge is 0.343 e. The van der Waals surface area contributed by atoms with Crippen molar-refractivity contribution < 1.29 is 22.7 Å². The molecule has 0 saturated carbocycles. The van der Waals surface area contributed by atoms with Crippen molar-refractivity contribution in [2.75, 3.05) is 26.3 Å². The first kappa shape index (κ1) is 20.5. The number of aryl methyl sites for hydroxylation is 3. The van der Waals surface area contributed by atoms with E-state index in [4.69, 9.17) is 9.47 Å². The average molecular weight is 404 g/mol. The molecule has 2 aromatic rings. The second-order valence-electron chi connectivity index (χ2n) is 7.09. The van der Waals surface area contributed by atoms with Crippen LogP contribution in [0.5, 0.6) is 5.75 Å². The first-order valence-electron chi connectivity index (χ1n) is 9.18. The molecule has 1 saturated heterocycles. The summed E-state index contributed by atoms with van der Waals surface area (Å²) in [7, 11) is -3.68. The Morgan fingerprint density at radius 2 is 1.68 bits per heavy atom. The van der Waals surface area contributed by atoms with Gasteiger partial charge in [0.05, 0.1) is 23.7 Å². The number of esters is 1. The van der Waals surface area contributed by atoms with Crippen LogP contribution >= 0.6 is 0 Å². The van der Waals surface area contributed by atoms with E-state index in [1.807, 2.05) is 32.9 Å². The number of hydrogen-bond donors (Lipinski definition) is 0. The third-order valence-electron chi connectivity index (χ3n) is 5.00. The van der Waals surface area contributed by atoms with E-state index in [0.29, 0.717) is 37.6 Å². The molecule has 0 atom stereocenters. The molecule has 6 nitrogen and oxygen atoms in total. The normalized spacial score (nSPS) is 15.4. The largest absolute Gasteiger partial charge is 0.423 e. The molecule has 0 amide bonds. The lowest BCUT2D eigenvalue weighted by atomic mass is 10.1. The minimum absolute atomic E-state index is 0.0871. The lowest BCUT2D eigenvalue weighted by Gasteiger charge is -2.26. The van der Waals surface area contributed by atoms with Crippen molar-refractivity contribution >= 4 is 16.0 Å². The number of carbonyl (C=O) groups excluding carboxylic acids is 1. The highest BCUT2D eigenvalue weighted by Crippen LogP contribution is 2.26. The molecule has 3 rings (SSSR count). The Labute approximate surface area is 166 Å². The van der Waals surface area contributed by atoms with Gasteiger partial charge in [0.2, 0.25) is 10.0 Å². The van der Waals surface area contributed by atoms with Crippen LogP contribution in [0.3, 0.4) is 0 Å². The fourth-order valence-electron chi connectivity index (χ4n) is 3.18. The van der Waals surface area contributed by atoms with Crippen molar-refractivity contribution in [3.63, 3.8) is 0 Å². The van der Waals surface area contributed by atoms with Gasteiger partial charge in [-0.1, -0.05) is 12.1 Å². The topological polar surface area (TPSA) is 72.9 Å². The Morgan fingerprint density at radius 1 is 1.00 bits per heavy atom. The van der Waals surface area contributed by atoms with E-state index in [2.05, 4.69) is 0 Å². The van der Waals surface area contributed by atoms with Crippen LogP contribution in [0, 0.1) is 27.7 Å². The summed E-state index contributed by atoms with van der Waals surface area (Å²) in [5.41, 5.74) is 3.81. The number of morpholine rings is 1. The minimum Gasteiger partial charge on any atom is -0.423 e. The Balaban J connectivity index is 1.92. The van der Waals surface area contributed by atoms with Gasteiger partial charge in [0.15, 0.2) is 0 Å². The molecule has 1 aliphatic rings. The lowest BCUT2D eigenvalue weighted by Crippen LogP contribution is -2.40. The zero-order valence-corrected chi connectivity index (χ0v) is 17.4. The van der Waals surface area contributed by atoms with Gasteiger partial charge in [0.1, 0.15) is 5.75 Å². The van der Waals surface area contributed by atoms with Gasteiger partial charge in [-0.15, -0.1) is 0 Å². The maximum Gasteiger partial charge on any atom is 0.343 e. The molecule has 2 aromatic carbocycles. The summed E-state index contributed by atoms with van der Waals surface area (Å²) in [6.45, 7) is 8.89. The third-order valence-corrected chi connectivity index (χ3v) is 6.90. The second-order valence-corrected chi connectivity index (χ2v) is 9.03. The molecule has 150 valence electrons. The summed E-state index contributed by atoms with van der Waals surface area (Å²) < 4.78 is 38.0. The van der Waals surface area contributed by atoms with Crippen molar-refractivity contribution in [2.24, 2.45) is 0 Å². The van der Waals surface area contributed by atoms with E-state index >= 15 is 0 Å². The molecule has 0 N–H and O–H groups in total. The van der Waals surface area contributed by atoms with E-state index in [-0.39, 0.29) is 10.5 Å². The molecule has 1 fully saturated rings. The van der Waals surface area contributed by atoms with Crippen LogP contribution in [0.4, 0.5) is 0 Å². The quantitative estimate of drug-likeness (QED) is 0.579. The number of hydrogen-bond acceptors (Lipinski definition) is 5. The third kappa shape index (κ3) is 4.11. The van der Waals surface area contributed by atoms with Gasteiger partial charge < -0.3 is 9.47 Å². The number of sulfonamides is 1. The van der Waals surface area contributed by atoms with Crippen molar-refractivity contribution in [1.29, 1.82) is 0 Å². The van der Waals surface area contributed by atoms with Crippen molar-refractivity contribution in [3.05, 3.63) is 58.1 Å². The van der Waals surface area contributed by atoms with Gasteiger partial charge in [-0.25, -0.2) is 13.2 Å². The standard InChI is InChI=1S/C21H25NO5S/c1-14-11-16(3)17(4)20(12-14)27-21(23)19-13-18(6-5-15(19)2)28(24,25)22-7-9-26-10-8-22/h5-6,11-13H,7-10H2,1-4H3. The molecule has 1 heterocycles. The van der Waals surface area contributed by atoms with Crippen LogP contribution in [0.1, 0.15) is 32.6 Å². The Morgan fingerprint density at radius 3 is 2.36 bits per heavy atom. The molecule has 1 aliphatic heterocycles. The summed E-state index contributed by atoms with van der Waals surface area (Å²) in [5, 5.41) is 0. The molecule has 0 radical (unpaired) electrons. The number of rotatable bonds is 4. The Bertz CT molecular complexity index is 1010. The second kappa shape index (κ2) is 8.03. The highest BCUT2D eigenvalue weighted by molar-refractivity contribution is 7.89. The molecule has 28 heavy (non-hydrogen) atoms. The van der Waals surface area contributed by atoms with Gasteiger partial charge in [-0.2, -0.15) is 4.31 Å². The zero-order valence-electron chi connectivity index (χ0n) is 16.6. The molecule has 7 heteroatoms. The van der Waals surface area contributed by atoms with Crippen molar-refractivity contribution in [1.82, 2.24) is 4.31 Å². The highest BCUT2D eigenvalue weighted by atomic mass is 32.2. The molecule has 0 bridgehead atoms. The predicted molar refractivity (Wildman–Crippen MR) is 106 cm³/mol. The number of benzene rings is 2. The maximum absolute atomic E-state index is 12.9. The maximum atomic E-state index is 12.9. The van der Waals surface area contributed by atoms with Crippen LogP contribution in [0.2, 0.25) is 0 Å².